The first-order chi connectivity index (χ1) is 7.65. The number of hydrogen-bond acceptors (Lipinski definition) is 3. The lowest BCUT2D eigenvalue weighted by Gasteiger charge is -2.07. The van der Waals surface area contributed by atoms with Crippen LogP contribution in [0.2, 0.25) is 0 Å². The maximum atomic E-state index is 5.68. The Kier molecular flexibility index (Phi) is 3.75. The van der Waals surface area contributed by atoms with Crippen LogP contribution in [0.3, 0.4) is 0 Å². The van der Waals surface area contributed by atoms with Crippen molar-refractivity contribution in [2.45, 2.75) is 6.92 Å². The minimum atomic E-state index is 0.545. The van der Waals surface area contributed by atoms with Crippen molar-refractivity contribution < 1.29 is 4.74 Å². The predicted octanol–water partition coefficient (Wildman–Crippen LogP) is 3.94. The molecule has 5 heteroatoms. The van der Waals surface area contributed by atoms with Crippen molar-refractivity contribution in [1.29, 1.82) is 0 Å². The number of rotatable bonds is 2. The second-order valence-corrected chi connectivity index (χ2v) is 5.08. The number of ether oxygens (including phenoxy) is 1. The van der Waals surface area contributed by atoms with Crippen LogP contribution in [0.5, 0.6) is 11.6 Å². The molecule has 82 valence electrons. The Morgan fingerprint density at radius 3 is 2.69 bits per heavy atom. The van der Waals surface area contributed by atoms with Crippen LogP contribution in [0, 0.1) is 10.5 Å². The van der Waals surface area contributed by atoms with Gasteiger partial charge in [0.05, 0.1) is 3.57 Å². The summed E-state index contributed by atoms with van der Waals surface area (Å²) < 4.78 is 7.45. The fourth-order valence-electron chi connectivity index (χ4n) is 1.20. The highest BCUT2D eigenvalue weighted by molar-refractivity contribution is 14.1. The Hall–Kier alpha value is -0.690. The summed E-state index contributed by atoms with van der Waals surface area (Å²) in [5.74, 6) is 2.02. The molecule has 0 radical (unpaired) electrons. The van der Waals surface area contributed by atoms with Gasteiger partial charge in [-0.2, -0.15) is 4.98 Å². The quantitative estimate of drug-likeness (QED) is 0.575. The number of para-hydroxylation sites is 1. The summed E-state index contributed by atoms with van der Waals surface area (Å²) in [7, 11) is 0. The van der Waals surface area contributed by atoms with Gasteiger partial charge in [-0.05, 0) is 57.6 Å². The highest BCUT2D eigenvalue weighted by Gasteiger charge is 2.04. The number of hydrogen-bond donors (Lipinski definition) is 0. The number of aromatic nitrogens is 2. The summed E-state index contributed by atoms with van der Waals surface area (Å²) in [6.07, 6.45) is 0. The van der Waals surface area contributed by atoms with Crippen molar-refractivity contribution in [3.63, 3.8) is 0 Å². The zero-order chi connectivity index (χ0) is 11.5. The highest BCUT2D eigenvalue weighted by Crippen LogP contribution is 2.26. The third-order valence-electron chi connectivity index (χ3n) is 1.83. The van der Waals surface area contributed by atoms with Crippen molar-refractivity contribution in [3.05, 3.63) is 44.3 Å². The Morgan fingerprint density at radius 1 is 1.25 bits per heavy atom. The molecule has 1 heterocycles. The number of halogens is 2. The van der Waals surface area contributed by atoms with Crippen molar-refractivity contribution in [3.8, 4) is 11.6 Å². The Balaban J connectivity index is 2.30. The summed E-state index contributed by atoms with van der Waals surface area (Å²) >= 11 is 5.54. The smallest absolute Gasteiger partial charge is 0.223 e. The summed E-state index contributed by atoms with van der Waals surface area (Å²) in [4.78, 5) is 8.33. The van der Waals surface area contributed by atoms with Gasteiger partial charge in [0, 0.05) is 6.07 Å². The average Bonchev–Trinajstić information content (AvgIpc) is 2.20. The molecule has 0 fully saturated rings. The minimum absolute atomic E-state index is 0.545. The second-order valence-electron chi connectivity index (χ2n) is 3.11. The molecule has 0 N–H and O–H groups in total. The van der Waals surface area contributed by atoms with Gasteiger partial charge in [-0.3, -0.25) is 0 Å². The second kappa shape index (κ2) is 5.09. The van der Waals surface area contributed by atoms with E-state index in [2.05, 4.69) is 48.5 Å². The van der Waals surface area contributed by atoms with Crippen LogP contribution >= 0.6 is 38.5 Å². The zero-order valence-electron chi connectivity index (χ0n) is 8.45. The number of benzene rings is 1. The summed E-state index contributed by atoms with van der Waals surface area (Å²) in [5.41, 5.74) is 0. The third kappa shape index (κ3) is 2.91. The van der Waals surface area contributed by atoms with Crippen molar-refractivity contribution in [2.75, 3.05) is 0 Å². The fourth-order valence-corrected chi connectivity index (χ4v) is 2.15. The van der Waals surface area contributed by atoms with E-state index in [0.29, 0.717) is 11.7 Å². The van der Waals surface area contributed by atoms with Crippen molar-refractivity contribution in [2.24, 2.45) is 0 Å². The largest absolute Gasteiger partial charge is 0.438 e. The van der Waals surface area contributed by atoms with Gasteiger partial charge < -0.3 is 4.74 Å². The van der Waals surface area contributed by atoms with Crippen LogP contribution in [0.25, 0.3) is 0 Å². The van der Waals surface area contributed by atoms with E-state index in [9.17, 15) is 0 Å². The topological polar surface area (TPSA) is 35.0 Å². The fraction of sp³-hybridized carbons (Fsp3) is 0.0909. The summed E-state index contributed by atoms with van der Waals surface area (Å²) in [6.45, 7) is 1.83. The standard InChI is InChI=1S/C11H8BrIN2O/c1-7-14-10(12)6-11(15-7)16-9-5-3-2-4-8(9)13/h2-6H,1H3. The molecule has 0 atom stereocenters. The molecule has 2 rings (SSSR count). The van der Waals surface area contributed by atoms with E-state index in [0.717, 1.165) is 13.9 Å². The van der Waals surface area contributed by atoms with E-state index in [1.807, 2.05) is 31.2 Å². The van der Waals surface area contributed by atoms with E-state index in [4.69, 9.17) is 4.74 Å². The van der Waals surface area contributed by atoms with Gasteiger partial charge in [0.15, 0.2) is 0 Å². The van der Waals surface area contributed by atoms with Crippen LogP contribution in [0.4, 0.5) is 0 Å². The third-order valence-corrected chi connectivity index (χ3v) is 3.13. The zero-order valence-corrected chi connectivity index (χ0v) is 12.2. The normalized spacial score (nSPS) is 10.2. The van der Waals surface area contributed by atoms with Crippen LogP contribution in [-0.4, -0.2) is 9.97 Å². The molecule has 1 aromatic heterocycles. The lowest BCUT2D eigenvalue weighted by molar-refractivity contribution is 0.456. The molecule has 16 heavy (non-hydrogen) atoms. The molecule has 0 unspecified atom stereocenters. The lowest BCUT2D eigenvalue weighted by atomic mass is 10.3. The molecule has 0 aliphatic heterocycles. The first-order valence-corrected chi connectivity index (χ1v) is 6.46. The van der Waals surface area contributed by atoms with E-state index >= 15 is 0 Å². The van der Waals surface area contributed by atoms with Gasteiger partial charge in [-0.25, -0.2) is 4.98 Å². The molecule has 0 saturated heterocycles. The van der Waals surface area contributed by atoms with Gasteiger partial charge in [0.2, 0.25) is 5.88 Å². The summed E-state index contributed by atoms with van der Waals surface area (Å²) in [5, 5.41) is 0. The van der Waals surface area contributed by atoms with Crippen molar-refractivity contribution in [1.82, 2.24) is 9.97 Å². The first-order valence-electron chi connectivity index (χ1n) is 4.59. The average molecular weight is 391 g/mol. The Morgan fingerprint density at radius 2 is 2.00 bits per heavy atom. The van der Waals surface area contributed by atoms with Gasteiger partial charge in [-0.1, -0.05) is 12.1 Å². The maximum Gasteiger partial charge on any atom is 0.223 e. The van der Waals surface area contributed by atoms with Crippen LogP contribution in [-0.2, 0) is 0 Å². The molecule has 2 aromatic rings. The van der Waals surface area contributed by atoms with Gasteiger partial charge in [0.1, 0.15) is 16.2 Å². The Bertz CT molecular complexity index is 499. The van der Waals surface area contributed by atoms with E-state index < -0.39 is 0 Å². The van der Waals surface area contributed by atoms with Crippen LogP contribution < -0.4 is 4.74 Å². The Labute approximate surface area is 116 Å². The number of nitrogens with zero attached hydrogens (tertiary/aromatic N) is 2. The molecule has 0 saturated carbocycles. The molecule has 3 nitrogen and oxygen atoms in total. The SMILES string of the molecule is Cc1nc(Br)cc(Oc2ccccc2I)n1. The van der Waals surface area contributed by atoms with Gasteiger partial charge in [0.25, 0.3) is 0 Å². The molecule has 0 aliphatic rings. The monoisotopic (exact) mass is 390 g/mol. The van der Waals surface area contributed by atoms with E-state index in [-0.39, 0.29) is 0 Å². The van der Waals surface area contributed by atoms with Gasteiger partial charge >= 0.3 is 0 Å². The predicted molar refractivity (Wildman–Crippen MR) is 73.7 cm³/mol. The van der Waals surface area contributed by atoms with Crippen LogP contribution in [0.1, 0.15) is 5.82 Å². The first kappa shape index (κ1) is 11.8. The maximum absolute atomic E-state index is 5.68. The molecule has 1 aromatic carbocycles. The molecule has 0 amide bonds. The molecular weight excluding hydrogens is 383 g/mol. The van der Waals surface area contributed by atoms with Crippen LogP contribution in [0.15, 0.2) is 34.9 Å². The molecule has 0 bridgehead atoms. The molecule has 0 spiro atoms. The molecule has 0 aliphatic carbocycles. The summed E-state index contributed by atoms with van der Waals surface area (Å²) in [6, 6.07) is 9.54. The molecular formula is C11H8BrIN2O. The van der Waals surface area contributed by atoms with Gasteiger partial charge in [-0.15, -0.1) is 0 Å². The number of aryl methyl sites for hydroxylation is 1. The van der Waals surface area contributed by atoms with E-state index in [1.165, 1.54) is 0 Å². The van der Waals surface area contributed by atoms with Crippen molar-refractivity contribution >= 4 is 38.5 Å². The lowest BCUT2D eigenvalue weighted by Crippen LogP contribution is -1.94. The minimum Gasteiger partial charge on any atom is -0.438 e. The highest BCUT2D eigenvalue weighted by atomic mass is 127. The van der Waals surface area contributed by atoms with E-state index in [1.54, 1.807) is 6.07 Å².